The Morgan fingerprint density at radius 3 is 2.25 bits per heavy atom. The smallest absolute Gasteiger partial charge is 0.273 e. The van der Waals surface area contributed by atoms with E-state index in [4.69, 9.17) is 27.9 Å². The van der Waals surface area contributed by atoms with E-state index in [9.17, 15) is 18.0 Å². The lowest BCUT2D eigenvalue weighted by Crippen LogP contribution is -2.33. The van der Waals surface area contributed by atoms with Crippen LogP contribution in [0, 0.1) is 6.92 Å². The summed E-state index contributed by atoms with van der Waals surface area (Å²) in [5, 5.41) is 7.81. The standard InChI is InChI=1S/C36H30Cl2N4O5S/c1-25-9-19-32(20-10-25)48(45,46)42(23-27-11-15-28(37)16-12-27)34-8-3-2-7-33(34)36(44)41-39-22-26-13-17-31(18-14-26)47-24-35(43)40-30-6-4-5-29(38)21-30/h2-22H,23-24H2,1H3,(H,40,43)(H,41,44)/b39-22-. The molecule has 9 nitrogen and oxygen atoms in total. The summed E-state index contributed by atoms with van der Waals surface area (Å²) < 4.78 is 34.7. The van der Waals surface area contributed by atoms with E-state index in [2.05, 4.69) is 15.8 Å². The van der Waals surface area contributed by atoms with Gasteiger partial charge in [-0.05, 0) is 96.9 Å². The molecule has 0 atom stereocenters. The second-order valence-electron chi connectivity index (χ2n) is 10.6. The first-order valence-corrected chi connectivity index (χ1v) is 16.8. The average Bonchev–Trinajstić information content (AvgIpc) is 3.08. The fraction of sp³-hybridized carbons (Fsp3) is 0.0833. The van der Waals surface area contributed by atoms with E-state index in [1.807, 2.05) is 6.92 Å². The van der Waals surface area contributed by atoms with Crippen molar-refractivity contribution in [3.63, 3.8) is 0 Å². The zero-order valence-electron chi connectivity index (χ0n) is 25.6. The third-order valence-corrected chi connectivity index (χ3v) is 9.26. The zero-order valence-corrected chi connectivity index (χ0v) is 28.0. The number of nitrogens with one attached hydrogen (secondary N) is 2. The van der Waals surface area contributed by atoms with Crippen LogP contribution < -0.4 is 19.8 Å². The number of hydrogen-bond acceptors (Lipinski definition) is 6. The van der Waals surface area contributed by atoms with Gasteiger partial charge in [0.05, 0.1) is 28.9 Å². The molecule has 244 valence electrons. The molecule has 48 heavy (non-hydrogen) atoms. The normalized spacial score (nSPS) is 11.2. The quantitative estimate of drug-likeness (QED) is 0.103. The molecule has 5 aromatic rings. The maximum absolute atomic E-state index is 14.0. The molecule has 2 N–H and O–H groups in total. The van der Waals surface area contributed by atoms with Crippen LogP contribution in [-0.4, -0.2) is 33.1 Å². The number of benzene rings is 5. The van der Waals surface area contributed by atoms with Crippen molar-refractivity contribution in [2.75, 3.05) is 16.2 Å². The second kappa shape index (κ2) is 15.6. The number of hydrazone groups is 1. The molecule has 0 bridgehead atoms. The number of halogens is 2. The number of amides is 2. The van der Waals surface area contributed by atoms with Gasteiger partial charge in [0, 0.05) is 15.7 Å². The predicted molar refractivity (Wildman–Crippen MR) is 190 cm³/mol. The fourth-order valence-electron chi connectivity index (χ4n) is 4.56. The number of nitrogens with zero attached hydrogens (tertiary/aromatic N) is 2. The number of aryl methyl sites for hydroxylation is 1. The third kappa shape index (κ3) is 9.01. The van der Waals surface area contributed by atoms with Crippen molar-refractivity contribution in [3.8, 4) is 5.75 Å². The molecule has 12 heteroatoms. The Balaban J connectivity index is 1.28. The maximum atomic E-state index is 14.0. The fourth-order valence-corrected chi connectivity index (χ4v) is 6.35. The van der Waals surface area contributed by atoms with Crippen LogP contribution in [0.4, 0.5) is 11.4 Å². The lowest BCUT2D eigenvalue weighted by atomic mass is 10.1. The Labute approximate surface area is 288 Å². The van der Waals surface area contributed by atoms with Crippen molar-refractivity contribution in [1.82, 2.24) is 5.43 Å². The number of carbonyl (C=O) groups is 2. The predicted octanol–water partition coefficient (Wildman–Crippen LogP) is 7.48. The van der Waals surface area contributed by atoms with Gasteiger partial charge in [0.25, 0.3) is 21.8 Å². The highest BCUT2D eigenvalue weighted by atomic mass is 35.5. The average molecular weight is 702 g/mol. The van der Waals surface area contributed by atoms with Crippen molar-refractivity contribution in [3.05, 3.63) is 154 Å². The molecule has 0 radical (unpaired) electrons. The van der Waals surface area contributed by atoms with Gasteiger partial charge in [-0.15, -0.1) is 0 Å². The first-order valence-electron chi connectivity index (χ1n) is 14.6. The number of sulfonamides is 1. The largest absolute Gasteiger partial charge is 0.484 e. The minimum Gasteiger partial charge on any atom is -0.484 e. The molecule has 0 saturated carbocycles. The zero-order chi connectivity index (χ0) is 34.1. The summed E-state index contributed by atoms with van der Waals surface area (Å²) in [4.78, 5) is 25.7. The van der Waals surface area contributed by atoms with E-state index in [1.165, 1.54) is 16.6 Å². The van der Waals surface area contributed by atoms with Gasteiger partial charge in [-0.3, -0.25) is 13.9 Å². The van der Waals surface area contributed by atoms with Gasteiger partial charge in [-0.25, -0.2) is 13.8 Å². The molecule has 2 amide bonds. The van der Waals surface area contributed by atoms with Gasteiger partial charge in [0.15, 0.2) is 6.61 Å². The van der Waals surface area contributed by atoms with Gasteiger partial charge in [0.1, 0.15) is 5.75 Å². The first-order chi connectivity index (χ1) is 23.1. The van der Waals surface area contributed by atoms with Gasteiger partial charge in [0.2, 0.25) is 0 Å². The van der Waals surface area contributed by atoms with E-state index < -0.39 is 15.9 Å². The van der Waals surface area contributed by atoms with E-state index in [1.54, 1.807) is 115 Å². The highest BCUT2D eigenvalue weighted by molar-refractivity contribution is 7.92. The number of para-hydroxylation sites is 1. The summed E-state index contributed by atoms with van der Waals surface area (Å²) in [5.41, 5.74) is 5.58. The molecule has 0 aliphatic carbocycles. The number of rotatable bonds is 12. The van der Waals surface area contributed by atoms with Crippen molar-refractivity contribution < 1.29 is 22.7 Å². The molecule has 0 aromatic heterocycles. The number of carbonyl (C=O) groups excluding carboxylic acids is 2. The van der Waals surface area contributed by atoms with Crippen LogP contribution >= 0.6 is 23.2 Å². The van der Waals surface area contributed by atoms with Crippen molar-refractivity contribution in [2.24, 2.45) is 5.10 Å². The molecule has 5 aromatic carbocycles. The minimum atomic E-state index is -4.09. The Morgan fingerprint density at radius 1 is 0.833 bits per heavy atom. The molecular formula is C36H30Cl2N4O5S. The van der Waals surface area contributed by atoms with E-state index in [0.29, 0.717) is 32.6 Å². The van der Waals surface area contributed by atoms with E-state index >= 15 is 0 Å². The molecule has 0 aliphatic rings. The summed E-state index contributed by atoms with van der Waals surface area (Å²) in [6, 6.07) is 33.3. The Kier molecular flexibility index (Phi) is 11.1. The van der Waals surface area contributed by atoms with Gasteiger partial charge >= 0.3 is 0 Å². The van der Waals surface area contributed by atoms with Crippen LogP contribution in [0.25, 0.3) is 0 Å². The molecule has 0 aliphatic heterocycles. The molecule has 0 fully saturated rings. The Morgan fingerprint density at radius 2 is 1.54 bits per heavy atom. The molecule has 0 spiro atoms. The monoisotopic (exact) mass is 700 g/mol. The second-order valence-corrected chi connectivity index (χ2v) is 13.3. The lowest BCUT2D eigenvalue weighted by Gasteiger charge is -2.26. The van der Waals surface area contributed by atoms with Crippen LogP contribution in [0.5, 0.6) is 5.75 Å². The lowest BCUT2D eigenvalue weighted by molar-refractivity contribution is -0.118. The number of hydrogen-bond donors (Lipinski definition) is 2. The van der Waals surface area contributed by atoms with E-state index in [-0.39, 0.29) is 35.2 Å². The number of ether oxygens (including phenoxy) is 1. The van der Waals surface area contributed by atoms with Crippen LogP contribution in [0.15, 0.2) is 131 Å². The molecule has 0 unspecified atom stereocenters. The molecule has 0 heterocycles. The Bertz CT molecular complexity index is 2040. The van der Waals surface area contributed by atoms with Crippen LogP contribution in [0.1, 0.15) is 27.0 Å². The SMILES string of the molecule is Cc1ccc(S(=O)(=O)N(Cc2ccc(Cl)cc2)c2ccccc2C(=O)N/N=C\c2ccc(OCC(=O)Nc3cccc(Cl)c3)cc2)cc1. The summed E-state index contributed by atoms with van der Waals surface area (Å²) in [6.45, 7) is 1.62. The van der Waals surface area contributed by atoms with Gasteiger partial charge < -0.3 is 10.1 Å². The van der Waals surface area contributed by atoms with Gasteiger partial charge in [-0.1, -0.05) is 71.2 Å². The molecular weight excluding hydrogens is 671 g/mol. The molecule has 0 saturated heterocycles. The topological polar surface area (TPSA) is 117 Å². The Hall–Kier alpha value is -5.16. The van der Waals surface area contributed by atoms with Crippen molar-refractivity contribution >= 4 is 62.6 Å². The van der Waals surface area contributed by atoms with Crippen molar-refractivity contribution in [2.45, 2.75) is 18.4 Å². The highest BCUT2D eigenvalue weighted by Gasteiger charge is 2.28. The highest BCUT2D eigenvalue weighted by Crippen LogP contribution is 2.30. The van der Waals surface area contributed by atoms with E-state index in [0.717, 1.165) is 5.56 Å². The summed E-state index contributed by atoms with van der Waals surface area (Å²) in [5.74, 6) is -0.487. The molecule has 5 rings (SSSR count). The third-order valence-electron chi connectivity index (χ3n) is 7.00. The summed E-state index contributed by atoms with van der Waals surface area (Å²) in [7, 11) is -4.09. The van der Waals surface area contributed by atoms with Crippen molar-refractivity contribution in [1.29, 1.82) is 0 Å². The maximum Gasteiger partial charge on any atom is 0.273 e. The van der Waals surface area contributed by atoms with Crippen LogP contribution in [0.2, 0.25) is 10.0 Å². The first kappa shape index (κ1) is 34.2. The van der Waals surface area contributed by atoms with Crippen LogP contribution in [-0.2, 0) is 21.4 Å². The minimum absolute atomic E-state index is 0.0440. The summed E-state index contributed by atoms with van der Waals surface area (Å²) in [6.07, 6.45) is 1.44. The van der Waals surface area contributed by atoms with Crippen LogP contribution in [0.3, 0.4) is 0 Å². The van der Waals surface area contributed by atoms with Gasteiger partial charge in [-0.2, -0.15) is 5.10 Å². The number of anilines is 2. The summed E-state index contributed by atoms with van der Waals surface area (Å²) >= 11 is 12.0.